The fourth-order valence-electron chi connectivity index (χ4n) is 6.29. The lowest BCUT2D eigenvalue weighted by atomic mass is 9.74. The molecule has 2 aliphatic rings. The predicted molar refractivity (Wildman–Crippen MR) is 129 cm³/mol. The number of hydrogen-bond donors (Lipinski definition) is 0. The Labute approximate surface area is 198 Å². The van der Waals surface area contributed by atoms with Crippen molar-refractivity contribution < 1.29 is 17.6 Å². The Morgan fingerprint density at radius 3 is 1.76 bits per heavy atom. The number of rotatable bonds is 11. The van der Waals surface area contributed by atoms with Crippen molar-refractivity contribution in [1.82, 2.24) is 0 Å². The van der Waals surface area contributed by atoms with E-state index in [0.717, 1.165) is 43.6 Å². The first-order valence-corrected chi connectivity index (χ1v) is 13.7. The second kappa shape index (κ2) is 13.1. The number of unbranched alkanes of at least 4 members (excludes halogenated alkanes) is 5. The molecule has 3 rings (SSSR count). The monoisotopic (exact) mass is 468 g/mol. The van der Waals surface area contributed by atoms with E-state index in [0.29, 0.717) is 17.5 Å². The Balaban J connectivity index is 1.30. The van der Waals surface area contributed by atoms with Crippen LogP contribution in [0.4, 0.5) is 17.6 Å². The lowest BCUT2D eigenvalue weighted by Gasteiger charge is -2.32. The van der Waals surface area contributed by atoms with Crippen LogP contribution in [0.1, 0.15) is 133 Å². The van der Waals surface area contributed by atoms with Crippen molar-refractivity contribution in [3.8, 4) is 0 Å². The van der Waals surface area contributed by atoms with Gasteiger partial charge in [0.2, 0.25) is 0 Å². The zero-order valence-corrected chi connectivity index (χ0v) is 20.6. The van der Waals surface area contributed by atoms with Gasteiger partial charge in [0.25, 0.3) is 0 Å². The van der Waals surface area contributed by atoms with Crippen LogP contribution in [0, 0.1) is 23.6 Å². The molecule has 0 amide bonds. The molecule has 1 aromatic rings. The molecule has 188 valence electrons. The summed E-state index contributed by atoms with van der Waals surface area (Å²) < 4.78 is 52.7. The normalized spacial score (nSPS) is 26.5. The van der Waals surface area contributed by atoms with Crippen LogP contribution in [0.3, 0.4) is 0 Å². The maximum Gasteiger partial charge on any atom is 0.416 e. The lowest BCUT2D eigenvalue weighted by Crippen LogP contribution is -2.18. The molecule has 0 N–H and O–H groups in total. The van der Waals surface area contributed by atoms with Gasteiger partial charge in [-0.05, 0) is 67.1 Å². The topological polar surface area (TPSA) is 0 Å². The van der Waals surface area contributed by atoms with E-state index in [1.807, 2.05) is 0 Å². The second-order valence-electron chi connectivity index (χ2n) is 11.0. The molecule has 0 saturated heterocycles. The smallest absolute Gasteiger partial charge is 0.207 e. The van der Waals surface area contributed by atoms with E-state index in [9.17, 15) is 17.6 Å². The predicted octanol–water partition coefficient (Wildman–Crippen LogP) is 10.5. The van der Waals surface area contributed by atoms with E-state index >= 15 is 0 Å². The number of halogens is 4. The quantitative estimate of drug-likeness (QED) is 0.224. The summed E-state index contributed by atoms with van der Waals surface area (Å²) in [5.41, 5.74) is -0.413. The summed E-state index contributed by atoms with van der Waals surface area (Å²) in [6.07, 6.45) is 17.5. The third-order valence-electron chi connectivity index (χ3n) is 8.53. The van der Waals surface area contributed by atoms with Crippen molar-refractivity contribution in [3.63, 3.8) is 0 Å². The molecule has 0 spiro atoms. The highest BCUT2D eigenvalue weighted by Gasteiger charge is 2.32. The summed E-state index contributed by atoms with van der Waals surface area (Å²) in [5.74, 6) is 1.93. The van der Waals surface area contributed by atoms with Gasteiger partial charge in [0.05, 0.1) is 5.56 Å². The van der Waals surface area contributed by atoms with E-state index < -0.39 is 17.6 Å². The molecule has 0 atom stereocenters. The van der Waals surface area contributed by atoms with E-state index in [1.54, 1.807) is 0 Å². The average molecular weight is 469 g/mol. The van der Waals surface area contributed by atoms with Crippen molar-refractivity contribution in [2.75, 3.05) is 0 Å². The first-order valence-electron chi connectivity index (χ1n) is 13.7. The highest BCUT2D eigenvalue weighted by molar-refractivity contribution is 5.29. The standard InChI is InChI=1S/C29H44F4/c1-2-3-4-5-6-7-8-22-9-11-23(12-10-22)13-14-24-15-17-25(18-16-24)27-20-19-26(21-28(27)30)29(31,32)33/h19-25H,2-18H2,1H3. The third-order valence-corrected chi connectivity index (χ3v) is 8.53. The first-order chi connectivity index (χ1) is 15.9. The third kappa shape index (κ3) is 8.58. The maximum absolute atomic E-state index is 14.3. The molecule has 0 aromatic heterocycles. The van der Waals surface area contributed by atoms with Gasteiger partial charge in [-0.3, -0.25) is 0 Å². The van der Waals surface area contributed by atoms with Crippen molar-refractivity contribution in [2.24, 2.45) is 17.8 Å². The van der Waals surface area contributed by atoms with Gasteiger partial charge in [0.15, 0.2) is 0 Å². The van der Waals surface area contributed by atoms with Crippen LogP contribution in [0.15, 0.2) is 18.2 Å². The van der Waals surface area contributed by atoms with Crippen LogP contribution in [0.25, 0.3) is 0 Å². The summed E-state index contributed by atoms with van der Waals surface area (Å²) in [7, 11) is 0. The largest absolute Gasteiger partial charge is 0.416 e. The molecule has 2 saturated carbocycles. The molecule has 0 aliphatic heterocycles. The second-order valence-corrected chi connectivity index (χ2v) is 11.0. The van der Waals surface area contributed by atoms with Crippen LogP contribution < -0.4 is 0 Å². The molecule has 0 nitrogen and oxygen atoms in total. The maximum atomic E-state index is 14.3. The van der Waals surface area contributed by atoms with Crippen LogP contribution in [0.2, 0.25) is 0 Å². The Morgan fingerprint density at radius 2 is 1.21 bits per heavy atom. The molecular formula is C29H44F4. The van der Waals surface area contributed by atoms with Crippen LogP contribution in [-0.2, 0) is 6.18 Å². The summed E-state index contributed by atoms with van der Waals surface area (Å²) in [6.45, 7) is 2.27. The van der Waals surface area contributed by atoms with Gasteiger partial charge in [0.1, 0.15) is 5.82 Å². The van der Waals surface area contributed by atoms with Gasteiger partial charge in [0, 0.05) is 0 Å². The molecule has 4 heteroatoms. The lowest BCUT2D eigenvalue weighted by molar-refractivity contribution is -0.137. The average Bonchev–Trinajstić information content (AvgIpc) is 2.80. The van der Waals surface area contributed by atoms with Crippen LogP contribution in [-0.4, -0.2) is 0 Å². The number of hydrogen-bond acceptors (Lipinski definition) is 0. The number of benzene rings is 1. The zero-order valence-electron chi connectivity index (χ0n) is 20.6. The summed E-state index contributed by atoms with van der Waals surface area (Å²) in [4.78, 5) is 0. The highest BCUT2D eigenvalue weighted by atomic mass is 19.4. The van der Waals surface area contributed by atoms with Gasteiger partial charge >= 0.3 is 6.18 Å². The van der Waals surface area contributed by atoms with E-state index in [-0.39, 0.29) is 5.92 Å². The van der Waals surface area contributed by atoms with Gasteiger partial charge in [-0.2, -0.15) is 13.2 Å². The molecule has 0 heterocycles. The Hall–Kier alpha value is -1.06. The molecule has 0 unspecified atom stereocenters. The van der Waals surface area contributed by atoms with E-state index in [1.165, 1.54) is 89.5 Å². The molecule has 2 fully saturated rings. The molecule has 0 bridgehead atoms. The van der Waals surface area contributed by atoms with Gasteiger partial charge < -0.3 is 0 Å². The van der Waals surface area contributed by atoms with Gasteiger partial charge in [-0.25, -0.2) is 4.39 Å². The first kappa shape index (κ1) is 26.5. The minimum absolute atomic E-state index is 0.0703. The molecule has 2 aliphatic carbocycles. The highest BCUT2D eigenvalue weighted by Crippen LogP contribution is 2.41. The number of alkyl halides is 3. The van der Waals surface area contributed by atoms with E-state index in [2.05, 4.69) is 6.92 Å². The van der Waals surface area contributed by atoms with E-state index in [4.69, 9.17) is 0 Å². The van der Waals surface area contributed by atoms with Crippen molar-refractivity contribution >= 4 is 0 Å². The molecule has 1 aromatic carbocycles. The molecular weight excluding hydrogens is 424 g/mol. The molecule has 33 heavy (non-hydrogen) atoms. The van der Waals surface area contributed by atoms with Crippen molar-refractivity contribution in [3.05, 3.63) is 35.1 Å². The van der Waals surface area contributed by atoms with Crippen LogP contribution in [0.5, 0.6) is 0 Å². The van der Waals surface area contributed by atoms with Crippen LogP contribution >= 0.6 is 0 Å². The minimum Gasteiger partial charge on any atom is -0.207 e. The fraction of sp³-hybridized carbons (Fsp3) is 0.793. The summed E-state index contributed by atoms with van der Waals surface area (Å²) in [6, 6.07) is 3.07. The Kier molecular flexibility index (Phi) is 10.6. The minimum atomic E-state index is -4.48. The van der Waals surface area contributed by atoms with Crippen molar-refractivity contribution in [1.29, 1.82) is 0 Å². The summed E-state index contributed by atoms with van der Waals surface area (Å²) >= 11 is 0. The zero-order chi connectivity index (χ0) is 23.7. The Bertz CT molecular complexity index is 679. The van der Waals surface area contributed by atoms with Gasteiger partial charge in [-0.1, -0.05) is 96.5 Å². The Morgan fingerprint density at radius 1 is 0.697 bits per heavy atom. The van der Waals surface area contributed by atoms with Gasteiger partial charge in [-0.15, -0.1) is 0 Å². The summed E-state index contributed by atoms with van der Waals surface area (Å²) in [5, 5.41) is 0. The van der Waals surface area contributed by atoms with Crippen molar-refractivity contribution in [2.45, 2.75) is 128 Å². The molecule has 0 radical (unpaired) electrons. The SMILES string of the molecule is CCCCCCCCC1CCC(CCC2CCC(c3ccc(C(F)(F)F)cc3F)CC2)CC1. The fourth-order valence-corrected chi connectivity index (χ4v) is 6.29.